The second kappa shape index (κ2) is 8.35. The number of carbonyl (C=O) groups is 2. The Balaban J connectivity index is 1.66. The molecule has 0 aliphatic rings. The normalized spacial score (nSPS) is 10.7. The summed E-state index contributed by atoms with van der Waals surface area (Å²) in [5.41, 5.74) is 2.00. The number of nitrogens with zero attached hydrogens (tertiary/aromatic N) is 3. The zero-order valence-electron chi connectivity index (χ0n) is 15.5. The van der Waals surface area contributed by atoms with E-state index in [1.165, 1.54) is 22.8 Å². The van der Waals surface area contributed by atoms with E-state index in [0.29, 0.717) is 16.6 Å². The van der Waals surface area contributed by atoms with Crippen LogP contribution in [0.5, 0.6) is 0 Å². The summed E-state index contributed by atoms with van der Waals surface area (Å²) in [7, 11) is 1.52. The molecule has 1 aromatic heterocycles. The predicted octanol–water partition coefficient (Wildman–Crippen LogP) is 2.56. The number of aromatic nitrogens is 2. The monoisotopic (exact) mass is 442 g/mol. The third-order valence-corrected chi connectivity index (χ3v) is 4.73. The zero-order chi connectivity index (χ0) is 20.3. The van der Waals surface area contributed by atoms with Crippen LogP contribution in [-0.4, -0.2) is 39.9 Å². The Kier molecular flexibility index (Phi) is 5.89. The van der Waals surface area contributed by atoms with Crippen LogP contribution in [0.2, 0.25) is 0 Å². The first-order chi connectivity index (χ1) is 13.3. The number of fused-ring (bicyclic) bond motifs is 1. The number of anilines is 1. The van der Waals surface area contributed by atoms with Crippen molar-refractivity contribution in [1.29, 1.82) is 0 Å². The summed E-state index contributed by atoms with van der Waals surface area (Å²) in [5, 5.41) is 3.16. The van der Waals surface area contributed by atoms with Gasteiger partial charge in [-0.3, -0.25) is 19.0 Å². The number of carbonyl (C=O) groups excluding carboxylic acids is 2. The number of halogens is 1. The first-order valence-corrected chi connectivity index (χ1v) is 9.38. The van der Waals surface area contributed by atoms with Crippen molar-refractivity contribution in [1.82, 2.24) is 14.5 Å². The molecule has 0 atom stereocenters. The van der Waals surface area contributed by atoms with E-state index in [0.717, 1.165) is 10.0 Å². The molecule has 0 unspecified atom stereocenters. The van der Waals surface area contributed by atoms with Crippen LogP contribution in [0.4, 0.5) is 5.69 Å². The summed E-state index contributed by atoms with van der Waals surface area (Å²) in [5.74, 6) is -0.676. The highest BCUT2D eigenvalue weighted by Gasteiger charge is 2.15. The van der Waals surface area contributed by atoms with Crippen LogP contribution in [0.25, 0.3) is 10.9 Å². The summed E-state index contributed by atoms with van der Waals surface area (Å²) in [4.78, 5) is 42.7. The van der Waals surface area contributed by atoms with Gasteiger partial charge >= 0.3 is 0 Å². The van der Waals surface area contributed by atoms with E-state index >= 15 is 0 Å². The van der Waals surface area contributed by atoms with Gasteiger partial charge in [0, 0.05) is 17.2 Å². The molecule has 3 aromatic rings. The van der Waals surface area contributed by atoms with E-state index in [2.05, 4.69) is 26.2 Å². The molecule has 0 spiro atoms. The first kappa shape index (κ1) is 19.8. The topological polar surface area (TPSA) is 84.3 Å². The van der Waals surface area contributed by atoms with E-state index in [1.807, 2.05) is 19.1 Å². The SMILES string of the molecule is Cc1ccc(NC(=O)CN(C)C(=O)Cn2cnc3ccc(Br)cc3c2=O)cc1. The number of hydrogen-bond donors (Lipinski definition) is 1. The maximum Gasteiger partial charge on any atom is 0.261 e. The highest BCUT2D eigenvalue weighted by Crippen LogP contribution is 2.14. The molecule has 0 aliphatic heterocycles. The van der Waals surface area contributed by atoms with Crippen molar-refractivity contribution < 1.29 is 9.59 Å². The second-order valence-corrected chi connectivity index (χ2v) is 7.42. The Hall–Kier alpha value is -3.00. The van der Waals surface area contributed by atoms with Crippen molar-refractivity contribution in [3.05, 3.63) is 69.2 Å². The Morgan fingerprint density at radius 1 is 1.18 bits per heavy atom. The first-order valence-electron chi connectivity index (χ1n) is 8.58. The van der Waals surface area contributed by atoms with E-state index < -0.39 is 0 Å². The molecular weight excluding hydrogens is 424 g/mol. The van der Waals surface area contributed by atoms with Gasteiger partial charge in [-0.2, -0.15) is 0 Å². The molecule has 0 aliphatic carbocycles. The maximum absolute atomic E-state index is 12.6. The fourth-order valence-electron chi connectivity index (χ4n) is 2.65. The smallest absolute Gasteiger partial charge is 0.261 e. The van der Waals surface area contributed by atoms with Crippen LogP contribution >= 0.6 is 15.9 Å². The largest absolute Gasteiger partial charge is 0.335 e. The zero-order valence-corrected chi connectivity index (χ0v) is 17.1. The molecule has 0 radical (unpaired) electrons. The number of benzene rings is 2. The van der Waals surface area contributed by atoms with Crippen LogP contribution < -0.4 is 10.9 Å². The molecule has 0 saturated carbocycles. The minimum absolute atomic E-state index is 0.117. The Morgan fingerprint density at radius 3 is 2.61 bits per heavy atom. The van der Waals surface area contributed by atoms with Gasteiger partial charge in [-0.05, 0) is 37.3 Å². The van der Waals surface area contributed by atoms with Gasteiger partial charge in [0.05, 0.1) is 23.8 Å². The fraction of sp³-hybridized carbons (Fsp3) is 0.200. The third kappa shape index (κ3) is 4.64. The lowest BCUT2D eigenvalue weighted by Gasteiger charge is -2.17. The molecule has 7 nitrogen and oxygen atoms in total. The number of likely N-dealkylation sites (N-methyl/N-ethyl adjacent to an activating group) is 1. The van der Waals surface area contributed by atoms with Crippen molar-refractivity contribution in [2.24, 2.45) is 0 Å². The number of amides is 2. The second-order valence-electron chi connectivity index (χ2n) is 6.50. The lowest BCUT2D eigenvalue weighted by Crippen LogP contribution is -2.38. The highest BCUT2D eigenvalue weighted by atomic mass is 79.9. The van der Waals surface area contributed by atoms with Gasteiger partial charge in [-0.25, -0.2) is 4.98 Å². The van der Waals surface area contributed by atoms with Gasteiger partial charge in [0.25, 0.3) is 5.56 Å². The number of aryl methyl sites for hydroxylation is 1. The predicted molar refractivity (Wildman–Crippen MR) is 111 cm³/mol. The fourth-order valence-corrected chi connectivity index (χ4v) is 3.01. The average molecular weight is 443 g/mol. The minimum atomic E-state index is -0.364. The van der Waals surface area contributed by atoms with Crippen LogP contribution in [0.3, 0.4) is 0 Å². The lowest BCUT2D eigenvalue weighted by atomic mass is 10.2. The average Bonchev–Trinajstić information content (AvgIpc) is 2.66. The van der Waals surface area contributed by atoms with Crippen molar-refractivity contribution in [2.45, 2.75) is 13.5 Å². The quantitative estimate of drug-likeness (QED) is 0.657. The Bertz CT molecular complexity index is 1090. The van der Waals surface area contributed by atoms with E-state index in [-0.39, 0.29) is 30.5 Å². The molecular formula is C20H19BrN4O3. The van der Waals surface area contributed by atoms with Gasteiger partial charge in [-0.15, -0.1) is 0 Å². The molecule has 2 aromatic carbocycles. The molecule has 1 N–H and O–H groups in total. The van der Waals surface area contributed by atoms with Crippen molar-refractivity contribution >= 4 is 44.3 Å². The maximum atomic E-state index is 12.6. The molecule has 0 bridgehead atoms. The molecule has 3 rings (SSSR count). The van der Waals surface area contributed by atoms with Crippen LogP contribution in [-0.2, 0) is 16.1 Å². The molecule has 0 saturated heterocycles. The summed E-state index contributed by atoms with van der Waals surface area (Å²) >= 11 is 3.33. The van der Waals surface area contributed by atoms with Crippen LogP contribution in [0, 0.1) is 6.92 Å². The Labute approximate surface area is 170 Å². The molecule has 144 valence electrons. The van der Waals surface area contributed by atoms with E-state index in [9.17, 15) is 14.4 Å². The van der Waals surface area contributed by atoms with Gasteiger partial charge in [-0.1, -0.05) is 33.6 Å². The summed E-state index contributed by atoms with van der Waals surface area (Å²) in [6.07, 6.45) is 1.34. The highest BCUT2D eigenvalue weighted by molar-refractivity contribution is 9.10. The lowest BCUT2D eigenvalue weighted by molar-refractivity contribution is -0.133. The summed E-state index contributed by atoms with van der Waals surface area (Å²) in [6.45, 7) is 1.65. The molecule has 1 heterocycles. The van der Waals surface area contributed by atoms with E-state index in [4.69, 9.17) is 0 Å². The number of hydrogen-bond acceptors (Lipinski definition) is 4. The molecule has 8 heteroatoms. The van der Waals surface area contributed by atoms with Gasteiger partial charge in [0.2, 0.25) is 11.8 Å². The summed E-state index contributed by atoms with van der Waals surface area (Å²) in [6, 6.07) is 12.6. The third-order valence-electron chi connectivity index (χ3n) is 4.23. The Morgan fingerprint density at radius 2 is 1.89 bits per heavy atom. The molecule has 0 fully saturated rings. The van der Waals surface area contributed by atoms with Crippen LogP contribution in [0.1, 0.15) is 5.56 Å². The van der Waals surface area contributed by atoms with Gasteiger partial charge in [0.1, 0.15) is 6.54 Å². The molecule has 28 heavy (non-hydrogen) atoms. The van der Waals surface area contributed by atoms with Gasteiger partial charge in [0.15, 0.2) is 0 Å². The van der Waals surface area contributed by atoms with Crippen molar-refractivity contribution in [2.75, 3.05) is 18.9 Å². The summed E-state index contributed by atoms with van der Waals surface area (Å²) < 4.78 is 2.00. The number of rotatable bonds is 5. The van der Waals surface area contributed by atoms with Crippen molar-refractivity contribution in [3.8, 4) is 0 Å². The van der Waals surface area contributed by atoms with Gasteiger partial charge < -0.3 is 10.2 Å². The van der Waals surface area contributed by atoms with E-state index in [1.54, 1.807) is 30.3 Å². The number of nitrogens with one attached hydrogen (secondary N) is 1. The minimum Gasteiger partial charge on any atom is -0.335 e. The van der Waals surface area contributed by atoms with Crippen molar-refractivity contribution in [3.63, 3.8) is 0 Å². The molecule has 2 amide bonds. The standard InChI is InChI=1S/C20H19BrN4O3/c1-13-3-6-15(7-4-13)23-18(26)10-24(2)19(27)11-25-12-22-17-8-5-14(21)9-16(17)20(25)28/h3-9,12H,10-11H2,1-2H3,(H,23,26). The van der Waals surface area contributed by atoms with Crippen LogP contribution in [0.15, 0.2) is 58.1 Å².